The van der Waals surface area contributed by atoms with Crippen LogP contribution in [0.15, 0.2) is 30.3 Å². The van der Waals surface area contributed by atoms with Crippen LogP contribution >= 0.6 is 0 Å². The molecule has 4 unspecified atom stereocenters. The number of nitrogens with one attached hydrogen (secondary N) is 1. The van der Waals surface area contributed by atoms with Gasteiger partial charge in [-0.1, -0.05) is 51.1 Å². The molecule has 1 saturated carbocycles. The minimum Gasteiger partial charge on any atom is -0.445 e. The third-order valence-corrected chi connectivity index (χ3v) is 10.7. The van der Waals surface area contributed by atoms with Gasteiger partial charge in [0.05, 0.1) is 12.1 Å². The van der Waals surface area contributed by atoms with Crippen LogP contribution in [-0.2, 0) is 25.2 Å². The summed E-state index contributed by atoms with van der Waals surface area (Å²) in [4.78, 5) is 12.4. The Morgan fingerprint density at radius 1 is 1.17 bits per heavy atom. The average molecular weight is 422 g/mol. The van der Waals surface area contributed by atoms with E-state index in [0.29, 0.717) is 6.42 Å². The third kappa shape index (κ3) is 5.20. The van der Waals surface area contributed by atoms with Crippen LogP contribution in [0.5, 0.6) is 0 Å². The zero-order chi connectivity index (χ0) is 21.4. The summed E-state index contributed by atoms with van der Waals surface area (Å²) in [6.45, 7) is 15.2. The van der Waals surface area contributed by atoms with Gasteiger partial charge in [-0.25, -0.2) is 4.79 Å². The molecule has 29 heavy (non-hydrogen) atoms. The predicted octanol–water partition coefficient (Wildman–Crippen LogP) is 4.60. The second kappa shape index (κ2) is 8.02. The summed E-state index contributed by atoms with van der Waals surface area (Å²) in [6, 6.07) is 9.43. The lowest BCUT2D eigenvalue weighted by Crippen LogP contribution is -2.46. The van der Waals surface area contributed by atoms with Gasteiger partial charge in [-0.05, 0) is 44.0 Å². The lowest BCUT2D eigenvalue weighted by Gasteiger charge is -2.39. The van der Waals surface area contributed by atoms with Crippen molar-refractivity contribution in [3.8, 4) is 0 Å². The summed E-state index contributed by atoms with van der Waals surface area (Å²) in [5.74, 6) is -0.696. The van der Waals surface area contributed by atoms with E-state index in [9.17, 15) is 4.79 Å². The monoisotopic (exact) mass is 421 g/mol. The first-order valence-electron chi connectivity index (χ1n) is 10.4. The van der Waals surface area contributed by atoms with Gasteiger partial charge in [0.25, 0.3) is 0 Å². The molecule has 7 heteroatoms. The summed E-state index contributed by atoms with van der Waals surface area (Å²) >= 11 is 0. The number of ether oxygens (including phenoxy) is 3. The summed E-state index contributed by atoms with van der Waals surface area (Å²) in [5.41, 5.74) is 0.952. The minimum absolute atomic E-state index is 0.0948. The van der Waals surface area contributed by atoms with Crippen molar-refractivity contribution in [2.45, 2.75) is 95.9 Å². The molecule has 0 bridgehead atoms. The fourth-order valence-electron chi connectivity index (χ4n) is 3.66. The number of carbonyl (C=O) groups excluding carboxylic acids is 1. The summed E-state index contributed by atoms with van der Waals surface area (Å²) in [6.07, 6.45) is -0.346. The molecule has 4 atom stereocenters. The van der Waals surface area contributed by atoms with Crippen LogP contribution in [0.3, 0.4) is 0 Å². The number of rotatable bonds is 5. The van der Waals surface area contributed by atoms with E-state index >= 15 is 0 Å². The Balaban J connectivity index is 1.65. The quantitative estimate of drug-likeness (QED) is 0.704. The second-order valence-corrected chi connectivity index (χ2v) is 14.8. The standard InChI is InChI=1S/C22H35NO5Si/c1-21(2,3)29(6,7)28-17-13-16(18-19(17)27-22(4,5)26-18)23-20(24)25-14-15-11-9-8-10-12-15/h8-12,16-19H,13-14H2,1-7H3,(H,23,24). The molecule has 2 fully saturated rings. The highest BCUT2D eigenvalue weighted by molar-refractivity contribution is 6.74. The zero-order valence-corrected chi connectivity index (χ0v) is 19.7. The Morgan fingerprint density at radius 2 is 1.79 bits per heavy atom. The van der Waals surface area contributed by atoms with Gasteiger partial charge in [0.2, 0.25) is 0 Å². The zero-order valence-electron chi connectivity index (χ0n) is 18.7. The van der Waals surface area contributed by atoms with E-state index in [-0.39, 0.29) is 36.0 Å². The molecular formula is C22H35NO5Si. The number of carbonyl (C=O) groups is 1. The van der Waals surface area contributed by atoms with Crippen LogP contribution in [0.4, 0.5) is 4.79 Å². The molecule has 6 nitrogen and oxygen atoms in total. The maximum Gasteiger partial charge on any atom is 0.407 e. The van der Waals surface area contributed by atoms with Crippen LogP contribution < -0.4 is 5.32 Å². The van der Waals surface area contributed by atoms with Gasteiger partial charge in [-0.3, -0.25) is 0 Å². The minimum atomic E-state index is -1.98. The highest BCUT2D eigenvalue weighted by Crippen LogP contribution is 2.44. The van der Waals surface area contributed by atoms with Crippen molar-refractivity contribution in [1.29, 1.82) is 0 Å². The van der Waals surface area contributed by atoms with E-state index in [1.54, 1.807) is 0 Å². The Morgan fingerprint density at radius 3 is 2.41 bits per heavy atom. The topological polar surface area (TPSA) is 66.0 Å². The molecule has 1 aromatic rings. The van der Waals surface area contributed by atoms with Crippen LogP contribution in [0.25, 0.3) is 0 Å². The molecule has 1 saturated heterocycles. The van der Waals surface area contributed by atoms with Crippen LogP contribution in [0.2, 0.25) is 18.1 Å². The Hall–Kier alpha value is -1.41. The smallest absolute Gasteiger partial charge is 0.407 e. The van der Waals surface area contributed by atoms with Gasteiger partial charge in [0.15, 0.2) is 14.1 Å². The van der Waals surface area contributed by atoms with E-state index in [1.807, 2.05) is 44.2 Å². The molecule has 3 rings (SSSR count). The number of amides is 1. The maximum absolute atomic E-state index is 12.4. The molecule has 162 valence electrons. The SMILES string of the molecule is CC1(C)OC2C(NC(=O)OCc3ccccc3)CC(O[Si](C)(C)C(C)(C)C)C2O1. The van der Waals surface area contributed by atoms with E-state index in [4.69, 9.17) is 18.6 Å². The highest BCUT2D eigenvalue weighted by Gasteiger charge is 2.56. The van der Waals surface area contributed by atoms with Gasteiger partial charge >= 0.3 is 6.09 Å². The fraction of sp³-hybridized carbons (Fsp3) is 0.682. The molecule has 1 aliphatic heterocycles. The van der Waals surface area contributed by atoms with E-state index in [0.717, 1.165) is 5.56 Å². The summed E-state index contributed by atoms with van der Waals surface area (Å²) in [7, 11) is -1.98. The average Bonchev–Trinajstić information content (AvgIpc) is 3.07. The summed E-state index contributed by atoms with van der Waals surface area (Å²) in [5, 5.41) is 3.08. The van der Waals surface area contributed by atoms with Crippen molar-refractivity contribution in [1.82, 2.24) is 5.32 Å². The predicted molar refractivity (Wildman–Crippen MR) is 114 cm³/mol. The van der Waals surface area contributed by atoms with Crippen molar-refractivity contribution in [2.24, 2.45) is 0 Å². The Bertz CT molecular complexity index is 716. The van der Waals surface area contributed by atoms with Crippen LogP contribution in [-0.4, -0.2) is 44.6 Å². The molecule has 0 radical (unpaired) electrons. The first kappa shape index (κ1) is 22.3. The highest BCUT2D eigenvalue weighted by atomic mass is 28.4. The van der Waals surface area contributed by atoms with Gasteiger partial charge in [0.1, 0.15) is 18.8 Å². The van der Waals surface area contributed by atoms with E-state index in [1.165, 1.54) is 0 Å². The Kier molecular flexibility index (Phi) is 6.16. The Labute approximate surface area is 175 Å². The number of hydrogen-bond acceptors (Lipinski definition) is 5. The molecule has 0 spiro atoms. The van der Waals surface area contributed by atoms with Crippen molar-refractivity contribution in [2.75, 3.05) is 0 Å². The van der Waals surface area contributed by atoms with Crippen molar-refractivity contribution >= 4 is 14.4 Å². The lowest BCUT2D eigenvalue weighted by molar-refractivity contribution is -0.162. The molecule has 1 amide bonds. The summed E-state index contributed by atoms with van der Waals surface area (Å²) < 4.78 is 24.3. The third-order valence-electron chi connectivity index (χ3n) is 6.18. The molecular weight excluding hydrogens is 386 g/mol. The van der Waals surface area contributed by atoms with E-state index in [2.05, 4.69) is 39.2 Å². The van der Waals surface area contributed by atoms with Gasteiger partial charge in [-0.15, -0.1) is 0 Å². The molecule has 2 aliphatic rings. The first-order valence-corrected chi connectivity index (χ1v) is 13.3. The van der Waals surface area contributed by atoms with E-state index < -0.39 is 20.2 Å². The normalized spacial score (nSPS) is 28.8. The number of hydrogen-bond donors (Lipinski definition) is 1. The maximum atomic E-state index is 12.4. The largest absolute Gasteiger partial charge is 0.445 e. The fourth-order valence-corrected chi connectivity index (χ4v) is 5.00. The van der Waals surface area contributed by atoms with Gasteiger partial charge < -0.3 is 24.0 Å². The van der Waals surface area contributed by atoms with Crippen LogP contribution in [0, 0.1) is 0 Å². The molecule has 1 N–H and O–H groups in total. The van der Waals surface area contributed by atoms with Crippen molar-refractivity contribution < 1.29 is 23.4 Å². The van der Waals surface area contributed by atoms with Crippen LogP contribution in [0.1, 0.15) is 46.6 Å². The first-order chi connectivity index (χ1) is 13.4. The molecule has 1 aromatic carbocycles. The molecule has 0 aromatic heterocycles. The molecule has 1 aliphatic carbocycles. The van der Waals surface area contributed by atoms with Gasteiger partial charge in [0, 0.05) is 0 Å². The second-order valence-electron chi connectivity index (χ2n) is 10.0. The number of benzene rings is 1. The number of fused-ring (bicyclic) bond motifs is 1. The van der Waals surface area contributed by atoms with Crippen molar-refractivity contribution in [3.63, 3.8) is 0 Å². The number of alkyl carbamates (subject to hydrolysis) is 1. The van der Waals surface area contributed by atoms with Gasteiger partial charge in [-0.2, -0.15) is 0 Å². The van der Waals surface area contributed by atoms with Crippen molar-refractivity contribution in [3.05, 3.63) is 35.9 Å². The molecule has 1 heterocycles. The lowest BCUT2D eigenvalue weighted by atomic mass is 10.2.